The van der Waals surface area contributed by atoms with Crippen LogP contribution in [0.3, 0.4) is 0 Å². The number of hydrogen-bond donors (Lipinski definition) is 0. The Bertz CT molecular complexity index is 168. The van der Waals surface area contributed by atoms with Crippen LogP contribution in [0.15, 0.2) is 29.9 Å². The molecule has 0 radical (unpaired) electrons. The maximum Gasteiger partial charge on any atom is 0.118 e. The van der Waals surface area contributed by atoms with Crippen LogP contribution in [0.5, 0.6) is 0 Å². The number of allylic oxidation sites excluding steroid dienone is 6. The third kappa shape index (κ3) is 1.51. The quantitative estimate of drug-likeness (QED) is 0.465. The van der Waals surface area contributed by atoms with Crippen LogP contribution >= 0.6 is 0 Å². The highest BCUT2D eigenvalue weighted by Crippen LogP contribution is 2.12. The van der Waals surface area contributed by atoms with Gasteiger partial charge in [0.1, 0.15) is 11.6 Å². The van der Waals surface area contributed by atoms with Crippen molar-refractivity contribution in [1.29, 1.82) is 0 Å². The summed E-state index contributed by atoms with van der Waals surface area (Å²) in [5.74, 6) is 0.603. The summed E-state index contributed by atoms with van der Waals surface area (Å²) in [4.78, 5) is 0. The lowest BCUT2D eigenvalue weighted by atomic mass is 10.0. The van der Waals surface area contributed by atoms with Crippen molar-refractivity contribution in [2.45, 2.75) is 13.8 Å². The van der Waals surface area contributed by atoms with Crippen LogP contribution in [0, 0.1) is 12.0 Å². The van der Waals surface area contributed by atoms with Crippen molar-refractivity contribution in [3.63, 3.8) is 0 Å². The van der Waals surface area contributed by atoms with Crippen molar-refractivity contribution < 1.29 is 0 Å². The summed E-state index contributed by atoms with van der Waals surface area (Å²) in [6.07, 6.45) is 11.3. The third-order valence-corrected chi connectivity index (χ3v) is 1.36. The van der Waals surface area contributed by atoms with E-state index in [1.165, 1.54) is 5.57 Å². The SMILES string of the molecule is CC(C)C1=CC=CC=[C+]1. The van der Waals surface area contributed by atoms with Gasteiger partial charge in [-0.15, -0.1) is 0 Å². The Kier molecular flexibility index (Phi) is 1.81. The molecule has 9 heavy (non-hydrogen) atoms. The second-order valence-electron chi connectivity index (χ2n) is 2.47. The summed E-state index contributed by atoms with van der Waals surface area (Å²) in [5, 5.41) is 0. The van der Waals surface area contributed by atoms with E-state index >= 15 is 0 Å². The summed E-state index contributed by atoms with van der Waals surface area (Å²) in [7, 11) is 0. The maximum atomic E-state index is 3.17. The van der Waals surface area contributed by atoms with Gasteiger partial charge in [-0.05, 0) is 0 Å². The molecule has 0 aliphatic heterocycles. The average Bonchev–Trinajstić information content (AvgIpc) is 1.90. The van der Waals surface area contributed by atoms with Crippen LogP contribution in [-0.4, -0.2) is 0 Å². The molecular formula is C9H11+. The molecule has 1 rings (SSSR count). The minimum Gasteiger partial charge on any atom is -0.0557 e. The van der Waals surface area contributed by atoms with Crippen LogP contribution < -0.4 is 0 Å². The molecule has 0 spiro atoms. The molecule has 0 heteroatoms. The van der Waals surface area contributed by atoms with Crippen molar-refractivity contribution in [2.24, 2.45) is 5.92 Å². The molecule has 0 N–H and O–H groups in total. The lowest BCUT2D eigenvalue weighted by Crippen LogP contribution is -1.91. The molecular weight excluding hydrogens is 108 g/mol. The Labute approximate surface area is 56.6 Å². The van der Waals surface area contributed by atoms with E-state index in [1.54, 1.807) is 0 Å². The molecule has 0 amide bonds. The van der Waals surface area contributed by atoms with E-state index in [1.807, 2.05) is 18.2 Å². The van der Waals surface area contributed by atoms with E-state index in [2.05, 4.69) is 26.0 Å². The Hall–Kier alpha value is -0.870. The van der Waals surface area contributed by atoms with E-state index in [0.29, 0.717) is 5.92 Å². The molecule has 0 heterocycles. The van der Waals surface area contributed by atoms with Gasteiger partial charge in [0.05, 0.1) is 6.08 Å². The van der Waals surface area contributed by atoms with Gasteiger partial charge in [-0.1, -0.05) is 13.8 Å². The normalized spacial score (nSPS) is 15.7. The molecule has 0 aromatic heterocycles. The van der Waals surface area contributed by atoms with E-state index in [4.69, 9.17) is 0 Å². The molecule has 0 fully saturated rings. The van der Waals surface area contributed by atoms with Gasteiger partial charge in [0.25, 0.3) is 0 Å². The zero-order valence-corrected chi connectivity index (χ0v) is 5.89. The molecule has 46 valence electrons. The highest BCUT2D eigenvalue weighted by molar-refractivity contribution is 5.28. The molecule has 0 saturated carbocycles. The molecule has 0 atom stereocenters. The Morgan fingerprint density at radius 2 is 2.11 bits per heavy atom. The van der Waals surface area contributed by atoms with Crippen molar-refractivity contribution in [2.75, 3.05) is 0 Å². The van der Waals surface area contributed by atoms with Gasteiger partial charge < -0.3 is 0 Å². The van der Waals surface area contributed by atoms with Gasteiger partial charge >= 0.3 is 0 Å². The van der Waals surface area contributed by atoms with Gasteiger partial charge in [-0.25, -0.2) is 0 Å². The first-order chi connectivity index (χ1) is 4.30. The Morgan fingerprint density at radius 1 is 1.33 bits per heavy atom. The second kappa shape index (κ2) is 2.61. The topological polar surface area (TPSA) is 0 Å². The van der Waals surface area contributed by atoms with Crippen LogP contribution in [0.2, 0.25) is 0 Å². The fraction of sp³-hybridized carbons (Fsp3) is 0.333. The molecule has 1 aliphatic rings. The van der Waals surface area contributed by atoms with Gasteiger partial charge in [-0.2, -0.15) is 0 Å². The van der Waals surface area contributed by atoms with E-state index in [-0.39, 0.29) is 0 Å². The molecule has 0 unspecified atom stereocenters. The number of rotatable bonds is 1. The van der Waals surface area contributed by atoms with Gasteiger partial charge in [0.2, 0.25) is 0 Å². The fourth-order valence-electron chi connectivity index (χ4n) is 0.766. The first-order valence-corrected chi connectivity index (χ1v) is 3.27. The van der Waals surface area contributed by atoms with E-state index in [9.17, 15) is 0 Å². The zero-order chi connectivity index (χ0) is 6.69. The van der Waals surface area contributed by atoms with Crippen LogP contribution in [0.25, 0.3) is 0 Å². The fourth-order valence-corrected chi connectivity index (χ4v) is 0.766. The predicted octanol–water partition coefficient (Wildman–Crippen LogP) is 2.50. The lowest BCUT2D eigenvalue weighted by Gasteiger charge is -1.96. The first kappa shape index (κ1) is 6.25. The monoisotopic (exact) mass is 119 g/mol. The van der Waals surface area contributed by atoms with Crippen molar-refractivity contribution in [1.82, 2.24) is 0 Å². The van der Waals surface area contributed by atoms with E-state index < -0.39 is 0 Å². The van der Waals surface area contributed by atoms with Gasteiger partial charge in [0.15, 0.2) is 0 Å². The van der Waals surface area contributed by atoms with Crippen molar-refractivity contribution in [3.8, 4) is 0 Å². The van der Waals surface area contributed by atoms with Crippen LogP contribution in [-0.2, 0) is 0 Å². The maximum absolute atomic E-state index is 3.17. The van der Waals surface area contributed by atoms with Crippen LogP contribution in [0.1, 0.15) is 13.8 Å². The van der Waals surface area contributed by atoms with Gasteiger partial charge in [0, 0.05) is 24.1 Å². The highest BCUT2D eigenvalue weighted by Gasteiger charge is 2.06. The summed E-state index contributed by atoms with van der Waals surface area (Å²) >= 11 is 0. The predicted molar refractivity (Wildman–Crippen MR) is 39.9 cm³/mol. The lowest BCUT2D eigenvalue weighted by molar-refractivity contribution is 0.785. The minimum absolute atomic E-state index is 0.603. The summed E-state index contributed by atoms with van der Waals surface area (Å²) in [6, 6.07) is 0. The summed E-state index contributed by atoms with van der Waals surface area (Å²) < 4.78 is 0. The summed E-state index contributed by atoms with van der Waals surface area (Å²) in [6.45, 7) is 4.34. The number of hydrogen-bond acceptors (Lipinski definition) is 0. The standard InChI is InChI=1S/C9H11/c1-8(2)9-6-4-3-5-7-9/h3-6,8H,1-2H3/q+1. The van der Waals surface area contributed by atoms with Crippen LogP contribution in [0.4, 0.5) is 0 Å². The molecule has 0 nitrogen and oxygen atoms in total. The largest absolute Gasteiger partial charge is 0.118 e. The Morgan fingerprint density at radius 3 is 2.44 bits per heavy atom. The third-order valence-electron chi connectivity index (χ3n) is 1.36. The molecule has 0 saturated heterocycles. The van der Waals surface area contributed by atoms with Crippen molar-refractivity contribution in [3.05, 3.63) is 36.0 Å². The van der Waals surface area contributed by atoms with Crippen molar-refractivity contribution >= 4 is 0 Å². The highest BCUT2D eigenvalue weighted by atomic mass is 14.0. The molecule has 1 aliphatic carbocycles. The Balaban J connectivity index is 2.72. The van der Waals surface area contributed by atoms with E-state index in [0.717, 1.165) is 0 Å². The average molecular weight is 119 g/mol. The molecule has 0 aromatic carbocycles. The zero-order valence-electron chi connectivity index (χ0n) is 5.89. The second-order valence-corrected chi connectivity index (χ2v) is 2.47. The molecule has 0 bridgehead atoms. The minimum atomic E-state index is 0.603. The van der Waals surface area contributed by atoms with Gasteiger partial charge in [-0.3, -0.25) is 0 Å². The smallest absolute Gasteiger partial charge is 0.0557 e. The summed E-state index contributed by atoms with van der Waals surface area (Å²) in [5.41, 5.74) is 1.29. The first-order valence-electron chi connectivity index (χ1n) is 3.27. The molecule has 0 aromatic rings.